The molecule has 2 heterocycles. The molecule has 1 aliphatic rings. The van der Waals surface area contributed by atoms with E-state index in [-0.39, 0.29) is 30.7 Å². The minimum Gasteiger partial charge on any atom is -0.337 e. The molecule has 1 fully saturated rings. The zero-order valence-electron chi connectivity index (χ0n) is 13.8. The molecule has 6 nitrogen and oxygen atoms in total. The summed E-state index contributed by atoms with van der Waals surface area (Å²) < 4.78 is 0. The average Bonchev–Trinajstić information content (AvgIpc) is 3.01. The summed E-state index contributed by atoms with van der Waals surface area (Å²) in [6.07, 6.45) is 2.16. The predicted octanol–water partition coefficient (Wildman–Crippen LogP) is 2.45. The van der Waals surface area contributed by atoms with Crippen LogP contribution in [0.4, 0.5) is 0 Å². The van der Waals surface area contributed by atoms with E-state index in [0.717, 1.165) is 37.3 Å². The van der Waals surface area contributed by atoms with Gasteiger partial charge in [0.25, 0.3) is 5.91 Å². The van der Waals surface area contributed by atoms with E-state index in [1.165, 1.54) is 0 Å². The molecule has 1 aromatic carbocycles. The Labute approximate surface area is 154 Å². The van der Waals surface area contributed by atoms with Gasteiger partial charge in [-0.3, -0.25) is 9.89 Å². The Bertz CT molecular complexity index is 676. The number of H-pyrrole nitrogens is 1. The molecule has 0 spiro atoms. The number of aromatic nitrogens is 3. The van der Waals surface area contributed by atoms with Gasteiger partial charge in [-0.05, 0) is 38.9 Å². The summed E-state index contributed by atoms with van der Waals surface area (Å²) in [6.45, 7) is 3.44. The van der Waals surface area contributed by atoms with Gasteiger partial charge >= 0.3 is 0 Å². The fourth-order valence-corrected chi connectivity index (χ4v) is 2.84. The number of piperidine rings is 1. The number of hydrogen-bond acceptors (Lipinski definition) is 4. The van der Waals surface area contributed by atoms with Crippen molar-refractivity contribution in [3.63, 3.8) is 0 Å². The zero-order chi connectivity index (χ0) is 15.5. The molecule has 3 rings (SSSR count). The number of rotatable bonds is 3. The second-order valence-electron chi connectivity index (χ2n) is 5.70. The van der Waals surface area contributed by atoms with E-state index in [9.17, 15) is 4.79 Å². The highest BCUT2D eigenvalue weighted by atomic mass is 35.5. The van der Waals surface area contributed by atoms with Crippen molar-refractivity contribution < 1.29 is 4.79 Å². The molecular weight excluding hydrogens is 349 g/mol. The van der Waals surface area contributed by atoms with Crippen LogP contribution in [-0.4, -0.2) is 52.2 Å². The summed E-state index contributed by atoms with van der Waals surface area (Å²) in [5.41, 5.74) is 1.55. The number of carbonyl (C=O) groups is 1. The van der Waals surface area contributed by atoms with Crippen LogP contribution in [0.2, 0.25) is 0 Å². The molecule has 0 bridgehead atoms. The predicted molar refractivity (Wildman–Crippen MR) is 99.0 cm³/mol. The number of carbonyl (C=O) groups excluding carboxylic acids is 1. The van der Waals surface area contributed by atoms with Crippen LogP contribution in [0, 0.1) is 6.92 Å². The molecule has 2 aromatic rings. The van der Waals surface area contributed by atoms with Gasteiger partial charge < -0.3 is 10.2 Å². The second kappa shape index (κ2) is 9.01. The molecule has 0 aliphatic carbocycles. The number of hydrogen-bond donors (Lipinski definition) is 2. The van der Waals surface area contributed by atoms with Crippen LogP contribution in [0.5, 0.6) is 0 Å². The third-order valence-electron chi connectivity index (χ3n) is 4.08. The van der Waals surface area contributed by atoms with Crippen molar-refractivity contribution in [3.05, 3.63) is 35.7 Å². The quantitative estimate of drug-likeness (QED) is 0.868. The first kappa shape index (κ1) is 20.4. The highest BCUT2D eigenvalue weighted by molar-refractivity contribution is 5.95. The summed E-state index contributed by atoms with van der Waals surface area (Å²) in [7, 11) is 1.95. The van der Waals surface area contributed by atoms with Gasteiger partial charge in [0.1, 0.15) is 5.82 Å². The Morgan fingerprint density at radius 1 is 1.38 bits per heavy atom. The summed E-state index contributed by atoms with van der Waals surface area (Å²) in [4.78, 5) is 18.9. The van der Waals surface area contributed by atoms with Crippen molar-refractivity contribution in [2.24, 2.45) is 0 Å². The molecule has 132 valence electrons. The largest absolute Gasteiger partial charge is 0.337 e. The second-order valence-corrected chi connectivity index (χ2v) is 5.70. The normalized spacial score (nSPS) is 16.9. The third-order valence-corrected chi connectivity index (χ3v) is 4.08. The number of benzene rings is 1. The van der Waals surface area contributed by atoms with Crippen LogP contribution < -0.4 is 5.32 Å². The first-order valence-corrected chi connectivity index (χ1v) is 7.63. The fraction of sp³-hybridized carbons (Fsp3) is 0.438. The third kappa shape index (κ3) is 4.47. The van der Waals surface area contributed by atoms with Gasteiger partial charge in [-0.25, -0.2) is 4.98 Å². The van der Waals surface area contributed by atoms with E-state index in [1.807, 2.05) is 43.1 Å². The van der Waals surface area contributed by atoms with Crippen molar-refractivity contribution in [1.29, 1.82) is 0 Å². The van der Waals surface area contributed by atoms with Gasteiger partial charge in [-0.2, -0.15) is 5.10 Å². The van der Waals surface area contributed by atoms with Crippen molar-refractivity contribution in [2.75, 3.05) is 20.1 Å². The number of nitrogens with one attached hydrogen (secondary N) is 2. The number of halogens is 2. The first-order valence-electron chi connectivity index (χ1n) is 7.63. The molecule has 0 radical (unpaired) electrons. The van der Waals surface area contributed by atoms with E-state index < -0.39 is 0 Å². The number of aromatic amines is 1. The maximum absolute atomic E-state index is 12.7. The minimum atomic E-state index is 0. The Balaban J connectivity index is 0.00000144. The molecule has 1 aromatic heterocycles. The maximum atomic E-state index is 12.7. The zero-order valence-corrected chi connectivity index (χ0v) is 15.4. The highest BCUT2D eigenvalue weighted by Gasteiger charge is 2.23. The number of likely N-dealkylation sites (N-methyl/N-ethyl adjacent to an activating group) is 1. The van der Waals surface area contributed by atoms with Gasteiger partial charge in [0.05, 0.1) is 0 Å². The van der Waals surface area contributed by atoms with Gasteiger partial charge in [-0.15, -0.1) is 24.8 Å². The van der Waals surface area contributed by atoms with E-state index in [1.54, 1.807) is 0 Å². The van der Waals surface area contributed by atoms with Gasteiger partial charge in [0.2, 0.25) is 0 Å². The molecule has 2 N–H and O–H groups in total. The lowest BCUT2D eigenvalue weighted by molar-refractivity contribution is 0.0698. The molecule has 24 heavy (non-hydrogen) atoms. The van der Waals surface area contributed by atoms with Crippen molar-refractivity contribution in [2.45, 2.75) is 25.8 Å². The van der Waals surface area contributed by atoms with Crippen LogP contribution in [0.1, 0.15) is 29.0 Å². The standard InChI is InChI=1S/C16H21N5O.2ClH/c1-11-18-15(20-19-11)12-5-3-6-13(9-12)16(22)21-8-4-7-14(10-21)17-2;;/h3,5-6,9,14,17H,4,7-8,10H2,1-2H3,(H,18,19,20);2*1H. The van der Waals surface area contributed by atoms with Gasteiger partial charge in [0, 0.05) is 30.3 Å². The van der Waals surface area contributed by atoms with Crippen molar-refractivity contribution in [1.82, 2.24) is 25.4 Å². The van der Waals surface area contributed by atoms with Gasteiger partial charge in [-0.1, -0.05) is 12.1 Å². The van der Waals surface area contributed by atoms with Crippen LogP contribution in [0.3, 0.4) is 0 Å². The SMILES string of the molecule is CNC1CCCN(C(=O)c2cccc(-c3n[nH]c(C)n3)c2)C1.Cl.Cl. The number of nitrogens with zero attached hydrogens (tertiary/aromatic N) is 3. The Morgan fingerprint density at radius 2 is 2.17 bits per heavy atom. The highest BCUT2D eigenvalue weighted by Crippen LogP contribution is 2.19. The van der Waals surface area contributed by atoms with Gasteiger partial charge in [0.15, 0.2) is 5.82 Å². The molecule has 1 atom stereocenters. The number of likely N-dealkylation sites (tertiary alicyclic amines) is 1. The lowest BCUT2D eigenvalue weighted by Crippen LogP contribution is -2.46. The molecule has 1 amide bonds. The Morgan fingerprint density at radius 3 is 2.83 bits per heavy atom. The van der Waals surface area contributed by atoms with Crippen LogP contribution >= 0.6 is 24.8 Å². The molecule has 0 saturated carbocycles. The minimum absolute atomic E-state index is 0. The summed E-state index contributed by atoms with van der Waals surface area (Å²) in [6, 6.07) is 7.92. The topological polar surface area (TPSA) is 73.9 Å². The lowest BCUT2D eigenvalue weighted by Gasteiger charge is -2.32. The number of amides is 1. The molecular formula is C16H23Cl2N5O. The fourth-order valence-electron chi connectivity index (χ4n) is 2.84. The van der Waals surface area contributed by atoms with Crippen LogP contribution in [0.15, 0.2) is 24.3 Å². The molecule has 1 aliphatic heterocycles. The molecule has 1 unspecified atom stereocenters. The molecule has 1 saturated heterocycles. The van der Waals surface area contributed by atoms with E-state index in [0.29, 0.717) is 17.4 Å². The van der Waals surface area contributed by atoms with Crippen molar-refractivity contribution in [3.8, 4) is 11.4 Å². The maximum Gasteiger partial charge on any atom is 0.253 e. The van der Waals surface area contributed by atoms with E-state index in [4.69, 9.17) is 0 Å². The summed E-state index contributed by atoms with van der Waals surface area (Å²) in [5.74, 6) is 1.47. The Kier molecular flexibility index (Phi) is 7.66. The van der Waals surface area contributed by atoms with Crippen molar-refractivity contribution >= 4 is 30.7 Å². The number of aryl methyl sites for hydroxylation is 1. The summed E-state index contributed by atoms with van der Waals surface area (Å²) >= 11 is 0. The molecule has 8 heteroatoms. The summed E-state index contributed by atoms with van der Waals surface area (Å²) in [5, 5.41) is 10.2. The van der Waals surface area contributed by atoms with Crippen LogP contribution in [0.25, 0.3) is 11.4 Å². The van der Waals surface area contributed by atoms with E-state index in [2.05, 4.69) is 20.5 Å². The van der Waals surface area contributed by atoms with E-state index >= 15 is 0 Å². The smallest absolute Gasteiger partial charge is 0.253 e. The van der Waals surface area contributed by atoms with Crippen LogP contribution in [-0.2, 0) is 0 Å². The first-order chi connectivity index (χ1) is 10.7. The average molecular weight is 372 g/mol. The monoisotopic (exact) mass is 371 g/mol. The Hall–Kier alpha value is -1.63. The lowest BCUT2D eigenvalue weighted by atomic mass is 10.0.